The van der Waals surface area contributed by atoms with Crippen molar-refractivity contribution >= 4 is 15.6 Å². The Morgan fingerprint density at radius 2 is 1.79 bits per heavy atom. The average Bonchev–Trinajstić information content (AvgIpc) is 2.12. The second-order valence-corrected chi connectivity index (χ2v) is 6.32. The minimum Gasteiger partial charge on any atom is -0.311 e. The molecule has 0 heterocycles. The lowest BCUT2D eigenvalue weighted by Crippen LogP contribution is -2.32. The smallest absolute Gasteiger partial charge is 0.153 e. The van der Waals surface area contributed by atoms with E-state index >= 15 is 0 Å². The molecule has 0 aromatic carbocycles. The number of rotatable bonds is 6. The van der Waals surface area contributed by atoms with E-state index < -0.39 is 15.1 Å². The van der Waals surface area contributed by atoms with Gasteiger partial charge in [-0.2, -0.15) is 0 Å². The molecule has 1 atom stereocenters. The van der Waals surface area contributed by atoms with Crippen molar-refractivity contribution < 1.29 is 13.2 Å². The first-order valence-electron chi connectivity index (χ1n) is 4.72. The zero-order valence-electron chi connectivity index (χ0n) is 9.20. The summed E-state index contributed by atoms with van der Waals surface area (Å²) in [6.07, 6.45) is 0.0997. The Labute approximate surface area is 86.0 Å². The van der Waals surface area contributed by atoms with E-state index in [9.17, 15) is 13.2 Å². The second-order valence-electron chi connectivity index (χ2n) is 3.64. The van der Waals surface area contributed by atoms with Crippen LogP contribution in [0.5, 0.6) is 0 Å². The summed E-state index contributed by atoms with van der Waals surface area (Å²) >= 11 is 0. The lowest BCUT2D eigenvalue weighted by molar-refractivity contribution is -0.120. The number of ketones is 1. The topological polar surface area (TPSA) is 63.2 Å². The van der Waals surface area contributed by atoms with Crippen molar-refractivity contribution in [3.8, 4) is 0 Å². The monoisotopic (exact) mass is 221 g/mol. The first kappa shape index (κ1) is 13.6. The first-order chi connectivity index (χ1) is 6.31. The van der Waals surface area contributed by atoms with E-state index in [1.165, 1.54) is 0 Å². The van der Waals surface area contributed by atoms with Crippen LogP contribution in [-0.2, 0) is 14.6 Å². The van der Waals surface area contributed by atoms with E-state index in [-0.39, 0.29) is 24.0 Å². The summed E-state index contributed by atoms with van der Waals surface area (Å²) in [4.78, 5) is 11.3. The van der Waals surface area contributed by atoms with Crippen LogP contribution < -0.4 is 5.32 Å². The maximum absolute atomic E-state index is 11.4. The van der Waals surface area contributed by atoms with E-state index in [0.717, 1.165) is 0 Å². The average molecular weight is 221 g/mol. The van der Waals surface area contributed by atoms with Crippen LogP contribution in [0.25, 0.3) is 0 Å². The molecule has 1 unspecified atom stereocenters. The summed E-state index contributed by atoms with van der Waals surface area (Å²) in [6, 6.07) is -0.266. The highest BCUT2D eigenvalue weighted by Gasteiger charge is 2.19. The first-order valence-corrected chi connectivity index (χ1v) is 6.44. The molecule has 14 heavy (non-hydrogen) atoms. The predicted molar refractivity (Wildman–Crippen MR) is 57.1 cm³/mol. The van der Waals surface area contributed by atoms with Crippen LogP contribution in [0.15, 0.2) is 0 Å². The molecular weight excluding hydrogens is 202 g/mol. The van der Waals surface area contributed by atoms with E-state index in [0.29, 0.717) is 0 Å². The quantitative estimate of drug-likeness (QED) is 0.704. The molecule has 0 aliphatic rings. The van der Waals surface area contributed by atoms with Crippen molar-refractivity contribution in [1.82, 2.24) is 5.32 Å². The van der Waals surface area contributed by atoms with Crippen LogP contribution in [0.4, 0.5) is 0 Å². The summed E-state index contributed by atoms with van der Waals surface area (Å²) in [5.74, 6) is -0.105. The van der Waals surface area contributed by atoms with Gasteiger partial charge < -0.3 is 5.32 Å². The molecule has 1 N–H and O–H groups in total. The minimum absolute atomic E-state index is 0.0461. The molecule has 4 nitrogen and oxygen atoms in total. The highest BCUT2D eigenvalue weighted by molar-refractivity contribution is 7.91. The zero-order valence-corrected chi connectivity index (χ0v) is 10.0. The Balaban J connectivity index is 4.14. The molecule has 0 aromatic heterocycles. The number of nitrogens with one attached hydrogen (secondary N) is 1. The standard InChI is InChI=1S/C9H19NO3S/c1-7(2)14(12,13)6-5-9(11)8(3)10-4/h7-8,10H,5-6H2,1-4H3. The Morgan fingerprint density at radius 3 is 2.14 bits per heavy atom. The fraction of sp³-hybridized carbons (Fsp3) is 0.889. The molecule has 84 valence electrons. The maximum Gasteiger partial charge on any atom is 0.153 e. The van der Waals surface area contributed by atoms with Crippen molar-refractivity contribution in [2.75, 3.05) is 12.8 Å². The SMILES string of the molecule is CNC(C)C(=O)CCS(=O)(=O)C(C)C. The van der Waals surface area contributed by atoms with Gasteiger partial charge in [-0.1, -0.05) is 0 Å². The predicted octanol–water partition coefficient (Wildman–Crippen LogP) is 0.377. The summed E-state index contributed by atoms with van der Waals surface area (Å²) < 4.78 is 22.7. The van der Waals surface area contributed by atoms with Gasteiger partial charge >= 0.3 is 0 Å². The van der Waals surface area contributed by atoms with Crippen molar-refractivity contribution in [2.24, 2.45) is 0 Å². The second kappa shape index (κ2) is 5.46. The molecule has 0 aliphatic heterocycles. The fourth-order valence-electron chi connectivity index (χ4n) is 0.856. The molecule has 0 saturated heterocycles. The summed E-state index contributed by atoms with van der Waals surface area (Å²) in [5.41, 5.74) is 0. The third-order valence-corrected chi connectivity index (χ3v) is 4.48. The third kappa shape index (κ3) is 4.19. The van der Waals surface area contributed by atoms with Gasteiger partial charge in [-0.25, -0.2) is 8.42 Å². The van der Waals surface area contributed by atoms with E-state index in [2.05, 4.69) is 5.32 Å². The Morgan fingerprint density at radius 1 is 1.29 bits per heavy atom. The third-order valence-electron chi connectivity index (χ3n) is 2.27. The number of hydrogen-bond acceptors (Lipinski definition) is 4. The van der Waals surface area contributed by atoms with Crippen molar-refractivity contribution in [3.63, 3.8) is 0 Å². The highest BCUT2D eigenvalue weighted by atomic mass is 32.2. The van der Waals surface area contributed by atoms with Gasteiger partial charge in [0.05, 0.1) is 17.0 Å². The van der Waals surface area contributed by atoms with E-state index in [4.69, 9.17) is 0 Å². The molecule has 0 aliphatic carbocycles. The van der Waals surface area contributed by atoms with Gasteiger partial charge in [0.1, 0.15) is 5.78 Å². The van der Waals surface area contributed by atoms with Crippen LogP contribution in [0.2, 0.25) is 0 Å². The fourth-order valence-corrected chi connectivity index (χ4v) is 1.81. The van der Waals surface area contributed by atoms with Crippen LogP contribution in [-0.4, -0.2) is 38.3 Å². The number of Topliss-reactive ketones (excluding diaryl/α,β-unsaturated/α-hetero) is 1. The van der Waals surface area contributed by atoms with Gasteiger partial charge in [0.2, 0.25) is 0 Å². The van der Waals surface area contributed by atoms with Crippen molar-refractivity contribution in [3.05, 3.63) is 0 Å². The number of carbonyl (C=O) groups is 1. The van der Waals surface area contributed by atoms with Gasteiger partial charge in [-0.05, 0) is 27.8 Å². The molecule has 0 aromatic rings. The van der Waals surface area contributed by atoms with Crippen LogP contribution in [0.3, 0.4) is 0 Å². The number of hydrogen-bond donors (Lipinski definition) is 1. The van der Waals surface area contributed by atoms with Crippen molar-refractivity contribution in [2.45, 2.75) is 38.5 Å². The molecular formula is C9H19NO3S. The van der Waals surface area contributed by atoms with Gasteiger partial charge in [0, 0.05) is 6.42 Å². The largest absolute Gasteiger partial charge is 0.311 e. The molecule has 0 fully saturated rings. The van der Waals surface area contributed by atoms with E-state index in [1.54, 1.807) is 27.8 Å². The molecule has 0 rings (SSSR count). The number of sulfone groups is 1. The summed E-state index contributed by atoms with van der Waals surface area (Å²) in [7, 11) is -1.40. The molecule has 5 heteroatoms. The Bertz CT molecular complexity index is 282. The van der Waals surface area contributed by atoms with Gasteiger partial charge in [-0.15, -0.1) is 0 Å². The Hall–Kier alpha value is -0.420. The highest BCUT2D eigenvalue weighted by Crippen LogP contribution is 2.04. The maximum atomic E-state index is 11.4. The van der Waals surface area contributed by atoms with Gasteiger partial charge in [0.25, 0.3) is 0 Å². The van der Waals surface area contributed by atoms with Crippen LogP contribution >= 0.6 is 0 Å². The van der Waals surface area contributed by atoms with Crippen LogP contribution in [0.1, 0.15) is 27.2 Å². The number of likely N-dealkylation sites (N-methyl/N-ethyl adjacent to an activating group) is 1. The van der Waals surface area contributed by atoms with Crippen molar-refractivity contribution in [1.29, 1.82) is 0 Å². The lowest BCUT2D eigenvalue weighted by Gasteiger charge is -2.10. The zero-order chi connectivity index (χ0) is 11.4. The van der Waals surface area contributed by atoms with Crippen LogP contribution in [0, 0.1) is 0 Å². The Kier molecular flexibility index (Phi) is 5.29. The molecule has 0 radical (unpaired) electrons. The molecule has 0 amide bonds. The number of carbonyl (C=O) groups excluding carboxylic acids is 1. The minimum atomic E-state index is -3.08. The summed E-state index contributed by atoms with van der Waals surface area (Å²) in [6.45, 7) is 4.98. The normalized spacial score (nSPS) is 14.4. The summed E-state index contributed by atoms with van der Waals surface area (Å²) in [5, 5.41) is 2.38. The van der Waals surface area contributed by atoms with Gasteiger partial charge in [-0.3, -0.25) is 4.79 Å². The van der Waals surface area contributed by atoms with E-state index in [1.807, 2.05) is 0 Å². The molecule has 0 bridgehead atoms. The molecule has 0 saturated carbocycles. The molecule has 0 spiro atoms. The van der Waals surface area contributed by atoms with Gasteiger partial charge in [0.15, 0.2) is 9.84 Å². The lowest BCUT2D eigenvalue weighted by atomic mass is 10.2.